The lowest BCUT2D eigenvalue weighted by Crippen LogP contribution is -2.36. The molecule has 1 fully saturated rings. The molecule has 1 saturated heterocycles. The van der Waals surface area contributed by atoms with Crippen molar-refractivity contribution in [3.63, 3.8) is 0 Å². The third-order valence-electron chi connectivity index (χ3n) is 3.38. The van der Waals surface area contributed by atoms with E-state index in [1.165, 1.54) is 0 Å². The fourth-order valence-electron chi connectivity index (χ4n) is 2.30. The SMILES string of the molecule is [CH2]NC(=O)c1ccc(OC2CCN(C(=O)OC(C)(C)C)C2)cc1. The van der Waals surface area contributed by atoms with Crippen LogP contribution in [-0.2, 0) is 4.74 Å². The van der Waals surface area contributed by atoms with Gasteiger partial charge in [0.25, 0.3) is 5.91 Å². The molecular formula is C17H23N2O4. The van der Waals surface area contributed by atoms with Crippen LogP contribution in [0.25, 0.3) is 0 Å². The molecule has 0 bridgehead atoms. The van der Waals surface area contributed by atoms with Gasteiger partial charge in [-0.1, -0.05) is 0 Å². The van der Waals surface area contributed by atoms with Gasteiger partial charge in [-0.25, -0.2) is 4.79 Å². The monoisotopic (exact) mass is 319 g/mol. The Balaban J connectivity index is 1.88. The van der Waals surface area contributed by atoms with E-state index < -0.39 is 5.60 Å². The summed E-state index contributed by atoms with van der Waals surface area (Å²) in [4.78, 5) is 25.1. The second kappa shape index (κ2) is 6.89. The summed E-state index contributed by atoms with van der Waals surface area (Å²) in [5, 5.41) is 2.32. The van der Waals surface area contributed by atoms with Gasteiger partial charge in [-0.05, 0) is 45.0 Å². The van der Waals surface area contributed by atoms with Crippen molar-refractivity contribution >= 4 is 12.0 Å². The molecule has 23 heavy (non-hydrogen) atoms. The molecule has 1 unspecified atom stereocenters. The van der Waals surface area contributed by atoms with E-state index in [9.17, 15) is 9.59 Å². The summed E-state index contributed by atoms with van der Waals surface area (Å²) in [5.41, 5.74) is 0.0229. The van der Waals surface area contributed by atoms with E-state index in [0.29, 0.717) is 24.4 Å². The zero-order chi connectivity index (χ0) is 17.0. The van der Waals surface area contributed by atoms with Gasteiger partial charge in [0.2, 0.25) is 0 Å². The fourth-order valence-corrected chi connectivity index (χ4v) is 2.30. The van der Waals surface area contributed by atoms with Crippen LogP contribution in [0.2, 0.25) is 0 Å². The minimum absolute atomic E-state index is 0.0740. The van der Waals surface area contributed by atoms with E-state index in [1.807, 2.05) is 20.8 Å². The second-order valence-electron chi connectivity index (χ2n) is 6.49. The predicted molar refractivity (Wildman–Crippen MR) is 86.1 cm³/mol. The van der Waals surface area contributed by atoms with Crippen LogP contribution in [0.3, 0.4) is 0 Å². The van der Waals surface area contributed by atoms with Gasteiger partial charge in [0.1, 0.15) is 17.5 Å². The molecular weight excluding hydrogens is 296 g/mol. The van der Waals surface area contributed by atoms with Crippen molar-refractivity contribution in [1.29, 1.82) is 0 Å². The highest BCUT2D eigenvalue weighted by Gasteiger charge is 2.30. The molecule has 0 spiro atoms. The van der Waals surface area contributed by atoms with Crippen LogP contribution in [-0.4, -0.2) is 41.7 Å². The molecule has 1 N–H and O–H groups in total. The molecule has 6 heteroatoms. The highest BCUT2D eigenvalue weighted by atomic mass is 16.6. The topological polar surface area (TPSA) is 67.9 Å². The van der Waals surface area contributed by atoms with Crippen LogP contribution in [0.5, 0.6) is 5.75 Å². The number of hydrogen-bond acceptors (Lipinski definition) is 4. The number of nitrogens with zero attached hydrogens (tertiary/aromatic N) is 1. The Morgan fingerprint density at radius 3 is 2.48 bits per heavy atom. The molecule has 1 heterocycles. The first-order chi connectivity index (χ1) is 10.8. The molecule has 125 valence electrons. The first kappa shape index (κ1) is 17.1. The van der Waals surface area contributed by atoms with E-state index in [0.717, 1.165) is 6.42 Å². The maximum absolute atomic E-state index is 12.0. The predicted octanol–water partition coefficient (Wildman–Crippen LogP) is 2.60. The number of nitrogens with one attached hydrogen (secondary N) is 1. The van der Waals surface area contributed by atoms with Gasteiger partial charge in [-0.2, -0.15) is 0 Å². The molecule has 1 radical (unpaired) electrons. The molecule has 2 amide bonds. The van der Waals surface area contributed by atoms with Gasteiger partial charge < -0.3 is 19.7 Å². The molecule has 0 saturated carbocycles. The summed E-state index contributed by atoms with van der Waals surface area (Å²) in [5.74, 6) is 0.426. The van der Waals surface area contributed by atoms with E-state index >= 15 is 0 Å². The summed E-state index contributed by atoms with van der Waals surface area (Å²) in [6.07, 6.45) is 0.362. The normalized spacial score (nSPS) is 17.7. The zero-order valence-electron chi connectivity index (χ0n) is 13.8. The second-order valence-corrected chi connectivity index (χ2v) is 6.49. The smallest absolute Gasteiger partial charge is 0.410 e. The third-order valence-corrected chi connectivity index (χ3v) is 3.38. The number of amides is 2. The maximum Gasteiger partial charge on any atom is 0.410 e. The van der Waals surface area contributed by atoms with Crippen LogP contribution in [0.15, 0.2) is 24.3 Å². The van der Waals surface area contributed by atoms with Crippen molar-refractivity contribution in [2.75, 3.05) is 13.1 Å². The molecule has 2 rings (SSSR count). The average Bonchev–Trinajstić information content (AvgIpc) is 2.94. The Morgan fingerprint density at radius 2 is 1.91 bits per heavy atom. The van der Waals surface area contributed by atoms with Crippen molar-refractivity contribution in [3.8, 4) is 5.75 Å². The van der Waals surface area contributed by atoms with Crippen LogP contribution >= 0.6 is 0 Å². The third kappa shape index (κ3) is 4.87. The standard InChI is InChI=1S/C17H23N2O4/c1-17(2,3)23-16(21)19-10-9-14(11-19)22-13-7-5-12(6-8-13)15(20)18-4/h5-8,14H,4,9-11H2,1-3H3,(H,18,20). The Hall–Kier alpha value is -2.24. The number of rotatable bonds is 3. The van der Waals surface area contributed by atoms with Crippen molar-refractivity contribution in [2.45, 2.75) is 38.9 Å². The van der Waals surface area contributed by atoms with Gasteiger partial charge in [-0.3, -0.25) is 4.79 Å². The molecule has 1 atom stereocenters. The minimum atomic E-state index is -0.499. The molecule has 0 aliphatic carbocycles. The zero-order valence-corrected chi connectivity index (χ0v) is 13.8. The quantitative estimate of drug-likeness (QED) is 0.930. The number of carbonyl (C=O) groups is 2. The fraction of sp³-hybridized carbons (Fsp3) is 0.471. The maximum atomic E-state index is 12.0. The largest absolute Gasteiger partial charge is 0.489 e. The van der Waals surface area contributed by atoms with Crippen molar-refractivity contribution in [3.05, 3.63) is 36.9 Å². The highest BCUT2D eigenvalue weighted by Crippen LogP contribution is 2.21. The van der Waals surface area contributed by atoms with Crippen molar-refractivity contribution < 1.29 is 19.1 Å². The molecule has 0 aromatic heterocycles. The van der Waals surface area contributed by atoms with E-state index in [2.05, 4.69) is 12.4 Å². The lowest BCUT2D eigenvalue weighted by molar-refractivity contribution is 0.0275. The molecule has 1 aromatic rings. The molecule has 1 aromatic carbocycles. The van der Waals surface area contributed by atoms with Crippen LogP contribution in [0, 0.1) is 7.05 Å². The number of benzene rings is 1. The number of hydrogen-bond donors (Lipinski definition) is 1. The number of carbonyl (C=O) groups excluding carboxylic acids is 2. The Labute approximate surface area is 136 Å². The summed E-state index contributed by atoms with van der Waals surface area (Å²) < 4.78 is 11.2. The van der Waals surface area contributed by atoms with Crippen molar-refractivity contribution in [1.82, 2.24) is 10.2 Å². The van der Waals surface area contributed by atoms with Crippen LogP contribution in [0.4, 0.5) is 4.79 Å². The summed E-state index contributed by atoms with van der Waals surface area (Å²) in [6, 6.07) is 6.83. The summed E-state index contributed by atoms with van der Waals surface area (Å²) in [7, 11) is 3.34. The molecule has 1 aliphatic heterocycles. The summed E-state index contributed by atoms with van der Waals surface area (Å²) >= 11 is 0. The van der Waals surface area contributed by atoms with Crippen LogP contribution in [0.1, 0.15) is 37.6 Å². The van der Waals surface area contributed by atoms with Gasteiger partial charge >= 0.3 is 6.09 Å². The summed E-state index contributed by atoms with van der Waals surface area (Å²) in [6.45, 7) is 6.65. The van der Waals surface area contributed by atoms with Gasteiger partial charge in [0.15, 0.2) is 0 Å². The van der Waals surface area contributed by atoms with Gasteiger partial charge in [0.05, 0.1) is 6.54 Å². The van der Waals surface area contributed by atoms with E-state index in [-0.39, 0.29) is 18.1 Å². The van der Waals surface area contributed by atoms with Gasteiger partial charge in [-0.15, -0.1) is 0 Å². The van der Waals surface area contributed by atoms with Crippen molar-refractivity contribution in [2.24, 2.45) is 0 Å². The Morgan fingerprint density at radius 1 is 1.26 bits per heavy atom. The average molecular weight is 319 g/mol. The first-order valence-corrected chi connectivity index (χ1v) is 7.60. The lowest BCUT2D eigenvalue weighted by atomic mass is 10.2. The van der Waals surface area contributed by atoms with E-state index in [1.54, 1.807) is 29.2 Å². The minimum Gasteiger partial charge on any atom is -0.489 e. The first-order valence-electron chi connectivity index (χ1n) is 7.60. The molecule has 1 aliphatic rings. The Bertz CT molecular complexity index is 563. The number of likely N-dealkylation sites (tertiary alicyclic amines) is 1. The lowest BCUT2D eigenvalue weighted by Gasteiger charge is -2.24. The molecule has 6 nitrogen and oxygen atoms in total. The Kier molecular flexibility index (Phi) is 5.13. The van der Waals surface area contributed by atoms with Crippen LogP contribution < -0.4 is 10.1 Å². The van der Waals surface area contributed by atoms with Gasteiger partial charge in [0, 0.05) is 25.6 Å². The number of ether oxygens (including phenoxy) is 2. The highest BCUT2D eigenvalue weighted by molar-refractivity contribution is 5.94. The van der Waals surface area contributed by atoms with E-state index in [4.69, 9.17) is 9.47 Å².